The number of nitrogens with zero attached hydrogens (tertiary/aromatic N) is 1. The summed E-state index contributed by atoms with van der Waals surface area (Å²) in [7, 11) is 0. The quantitative estimate of drug-likeness (QED) is 0.863. The molecule has 20 heavy (non-hydrogen) atoms. The summed E-state index contributed by atoms with van der Waals surface area (Å²) >= 11 is 3.46. The topological polar surface area (TPSA) is 66.0 Å². The van der Waals surface area contributed by atoms with Gasteiger partial charge in [0.15, 0.2) is 0 Å². The number of carboxylic acid groups (broad SMARTS) is 1. The van der Waals surface area contributed by atoms with Crippen molar-refractivity contribution in [3.05, 3.63) is 28.0 Å². The highest BCUT2D eigenvalue weighted by atomic mass is 79.9. The molecule has 1 heterocycles. The van der Waals surface area contributed by atoms with Gasteiger partial charge in [-0.3, -0.25) is 4.79 Å². The van der Waals surface area contributed by atoms with E-state index < -0.39 is 11.4 Å². The Hall–Kier alpha value is -1.36. The molecule has 1 aromatic heterocycles. The smallest absolute Gasteiger partial charge is 0.310 e. The molecule has 2 N–H and O–H groups in total. The van der Waals surface area contributed by atoms with Gasteiger partial charge in [0, 0.05) is 10.9 Å². The average molecular weight is 339 g/mol. The molecule has 0 unspecified atom stereocenters. The third-order valence-electron chi connectivity index (χ3n) is 4.10. The minimum atomic E-state index is -0.749. The summed E-state index contributed by atoms with van der Waals surface area (Å²) in [6.07, 6.45) is 1.62. The molecule has 0 fully saturated rings. The number of hydrogen-bond donors (Lipinski definition) is 2. The second kappa shape index (κ2) is 5.56. The highest BCUT2D eigenvalue weighted by Crippen LogP contribution is 2.32. The van der Waals surface area contributed by atoms with Crippen molar-refractivity contribution < 1.29 is 9.90 Å². The Morgan fingerprint density at radius 1 is 1.40 bits per heavy atom. The summed E-state index contributed by atoms with van der Waals surface area (Å²) in [5.41, 5.74) is 2.19. The highest BCUT2D eigenvalue weighted by Gasteiger charge is 2.36. The van der Waals surface area contributed by atoms with Crippen molar-refractivity contribution in [2.75, 3.05) is 0 Å². The second-order valence-corrected chi connectivity index (χ2v) is 6.19. The summed E-state index contributed by atoms with van der Waals surface area (Å²) in [6, 6.07) is 3.98. The van der Waals surface area contributed by atoms with Crippen molar-refractivity contribution in [1.82, 2.24) is 9.97 Å². The van der Waals surface area contributed by atoms with Crippen molar-refractivity contribution >= 4 is 32.9 Å². The predicted molar refractivity (Wildman–Crippen MR) is 82.9 cm³/mol. The summed E-state index contributed by atoms with van der Waals surface area (Å²) in [5.74, 6) is -0.00633. The monoisotopic (exact) mass is 338 g/mol. The molecule has 4 nitrogen and oxygen atoms in total. The molecule has 0 aliphatic heterocycles. The number of benzene rings is 1. The maximum Gasteiger partial charge on any atom is 0.310 e. The van der Waals surface area contributed by atoms with E-state index in [9.17, 15) is 9.90 Å². The van der Waals surface area contributed by atoms with Crippen molar-refractivity contribution in [3.8, 4) is 0 Å². The van der Waals surface area contributed by atoms with Crippen LogP contribution in [0.2, 0.25) is 0 Å². The lowest BCUT2D eigenvalue weighted by molar-refractivity contribution is -0.149. The van der Waals surface area contributed by atoms with Crippen LogP contribution in [-0.2, 0) is 11.2 Å². The molecular formula is C15H19BrN2O2. The van der Waals surface area contributed by atoms with E-state index in [-0.39, 0.29) is 0 Å². The van der Waals surface area contributed by atoms with Crippen molar-refractivity contribution in [1.29, 1.82) is 0 Å². The molecule has 0 saturated heterocycles. The van der Waals surface area contributed by atoms with Crippen LogP contribution in [0.3, 0.4) is 0 Å². The van der Waals surface area contributed by atoms with Gasteiger partial charge in [-0.25, -0.2) is 4.98 Å². The van der Waals surface area contributed by atoms with E-state index in [0.717, 1.165) is 26.9 Å². The van der Waals surface area contributed by atoms with Crippen molar-refractivity contribution in [2.24, 2.45) is 5.41 Å². The number of H-pyrrole nitrogens is 1. The third kappa shape index (κ3) is 2.59. The number of rotatable bonds is 5. The number of aromatic amines is 1. The van der Waals surface area contributed by atoms with Crippen LogP contribution >= 0.6 is 15.9 Å². The van der Waals surface area contributed by atoms with Crippen LogP contribution in [0.15, 0.2) is 16.6 Å². The number of imidazole rings is 1. The molecule has 5 heteroatoms. The number of halogens is 1. The summed E-state index contributed by atoms with van der Waals surface area (Å²) in [5, 5.41) is 9.51. The molecule has 0 aliphatic carbocycles. The van der Waals surface area contributed by atoms with E-state index in [2.05, 4.69) is 25.9 Å². The molecule has 0 radical (unpaired) electrons. The van der Waals surface area contributed by atoms with Crippen molar-refractivity contribution in [3.63, 3.8) is 0 Å². The van der Waals surface area contributed by atoms with Gasteiger partial charge in [0.25, 0.3) is 0 Å². The first kappa shape index (κ1) is 15.0. The summed E-state index contributed by atoms with van der Waals surface area (Å²) in [6.45, 7) is 5.84. The fourth-order valence-corrected chi connectivity index (χ4v) is 3.15. The van der Waals surface area contributed by atoms with Gasteiger partial charge in [-0.2, -0.15) is 0 Å². The van der Waals surface area contributed by atoms with Crippen LogP contribution in [0.1, 0.15) is 38.1 Å². The first-order valence-corrected chi connectivity index (χ1v) is 7.59. The lowest BCUT2D eigenvalue weighted by Gasteiger charge is -2.25. The predicted octanol–water partition coefficient (Wildman–Crippen LogP) is 4.07. The van der Waals surface area contributed by atoms with Gasteiger partial charge >= 0.3 is 5.97 Å². The van der Waals surface area contributed by atoms with Gasteiger partial charge in [0.2, 0.25) is 0 Å². The first-order valence-electron chi connectivity index (χ1n) is 6.80. The van der Waals surface area contributed by atoms with Crippen LogP contribution < -0.4 is 0 Å². The largest absolute Gasteiger partial charge is 0.481 e. The Morgan fingerprint density at radius 3 is 2.60 bits per heavy atom. The minimum Gasteiger partial charge on any atom is -0.481 e. The van der Waals surface area contributed by atoms with Crippen LogP contribution in [0, 0.1) is 12.3 Å². The maximum absolute atomic E-state index is 11.6. The molecular weight excluding hydrogens is 320 g/mol. The molecule has 0 aliphatic rings. The van der Waals surface area contributed by atoms with Gasteiger partial charge in [-0.1, -0.05) is 29.8 Å². The number of aryl methyl sites for hydroxylation is 1. The molecule has 1 aromatic carbocycles. The first-order chi connectivity index (χ1) is 9.41. The van der Waals surface area contributed by atoms with E-state index >= 15 is 0 Å². The van der Waals surface area contributed by atoms with Crippen LogP contribution in [0.4, 0.5) is 0 Å². The van der Waals surface area contributed by atoms with Gasteiger partial charge in [-0.15, -0.1) is 0 Å². The maximum atomic E-state index is 11.6. The molecule has 0 amide bonds. The number of carbonyl (C=O) groups is 1. The Labute approximate surface area is 126 Å². The zero-order valence-corrected chi connectivity index (χ0v) is 13.5. The molecule has 0 atom stereocenters. The van der Waals surface area contributed by atoms with Crippen LogP contribution in [0.5, 0.6) is 0 Å². The fourth-order valence-electron chi connectivity index (χ4n) is 2.58. The molecule has 108 valence electrons. The Kier molecular flexibility index (Phi) is 4.18. The lowest BCUT2D eigenvalue weighted by Crippen LogP contribution is -2.32. The summed E-state index contributed by atoms with van der Waals surface area (Å²) < 4.78 is 0.994. The highest BCUT2D eigenvalue weighted by molar-refractivity contribution is 9.10. The van der Waals surface area contributed by atoms with E-state index in [4.69, 9.17) is 0 Å². The van der Waals surface area contributed by atoms with Crippen molar-refractivity contribution in [2.45, 2.75) is 40.0 Å². The molecule has 2 aromatic rings. The minimum absolute atomic E-state index is 0.432. The average Bonchev–Trinajstić information content (AvgIpc) is 2.78. The van der Waals surface area contributed by atoms with Crippen LogP contribution in [-0.4, -0.2) is 21.0 Å². The Balaban J connectivity index is 2.44. The lowest BCUT2D eigenvalue weighted by atomic mass is 9.79. The Morgan fingerprint density at radius 2 is 2.05 bits per heavy atom. The van der Waals surface area contributed by atoms with E-state index in [1.165, 1.54) is 0 Å². The molecule has 0 saturated carbocycles. The van der Waals surface area contributed by atoms with Crippen LogP contribution in [0.25, 0.3) is 11.0 Å². The fraction of sp³-hybridized carbons (Fsp3) is 0.467. The number of fused-ring (bicyclic) bond motifs is 1. The zero-order valence-electron chi connectivity index (χ0n) is 12.0. The van der Waals surface area contributed by atoms with E-state index in [1.807, 2.05) is 32.9 Å². The number of hydrogen-bond acceptors (Lipinski definition) is 2. The molecule has 2 rings (SSSR count). The molecule has 0 spiro atoms. The number of nitrogens with one attached hydrogen (secondary N) is 1. The standard InChI is InChI=1S/C15H19BrN2O2/c1-4-15(5-2,14(19)20)8-12-17-11-7-10(16)6-9(3)13(11)18-12/h6-7H,4-5,8H2,1-3H3,(H,17,18)(H,19,20). The third-order valence-corrected chi connectivity index (χ3v) is 4.56. The number of aliphatic carboxylic acids is 1. The van der Waals surface area contributed by atoms with E-state index in [1.54, 1.807) is 0 Å². The zero-order chi connectivity index (χ0) is 14.9. The van der Waals surface area contributed by atoms with Gasteiger partial charge < -0.3 is 10.1 Å². The van der Waals surface area contributed by atoms with Gasteiger partial charge in [0.1, 0.15) is 5.82 Å². The Bertz CT molecular complexity index is 645. The molecule has 0 bridgehead atoms. The van der Waals surface area contributed by atoms with Gasteiger partial charge in [0.05, 0.1) is 16.4 Å². The second-order valence-electron chi connectivity index (χ2n) is 5.27. The van der Waals surface area contributed by atoms with Gasteiger partial charge in [-0.05, 0) is 37.5 Å². The summed E-state index contributed by atoms with van der Waals surface area (Å²) in [4.78, 5) is 19.4. The normalized spacial score (nSPS) is 12.0. The van der Waals surface area contributed by atoms with E-state index in [0.29, 0.717) is 19.3 Å². The number of aromatic nitrogens is 2. The SMILES string of the molecule is CCC(CC)(Cc1nc2c(C)cc(Br)cc2[nH]1)C(=O)O. The number of carboxylic acids is 1.